The fourth-order valence-corrected chi connectivity index (χ4v) is 4.09. The van der Waals surface area contributed by atoms with E-state index in [0.29, 0.717) is 29.2 Å². The molecule has 3 aromatic rings. The average Bonchev–Trinajstić information content (AvgIpc) is 2.77. The number of ether oxygens (including phenoxy) is 1. The summed E-state index contributed by atoms with van der Waals surface area (Å²) < 4.78 is 29.4. The molecule has 4 N–H and O–H groups in total. The number of sulfonamides is 1. The van der Waals surface area contributed by atoms with Gasteiger partial charge in [0.05, 0.1) is 10.8 Å². The van der Waals surface area contributed by atoms with Crippen LogP contribution in [0.4, 0.5) is 0 Å². The molecule has 1 atom stereocenters. The van der Waals surface area contributed by atoms with E-state index in [1.165, 1.54) is 12.1 Å². The molecule has 0 aromatic heterocycles. The number of rotatable bonds is 5. The second-order valence-electron chi connectivity index (χ2n) is 6.97. The second kappa shape index (κ2) is 7.87. The fourth-order valence-electron chi connectivity index (χ4n) is 3.57. The van der Waals surface area contributed by atoms with E-state index in [0.717, 1.165) is 23.0 Å². The third-order valence-electron chi connectivity index (χ3n) is 5.10. The molecule has 7 heteroatoms. The summed E-state index contributed by atoms with van der Waals surface area (Å²) in [5, 5.41) is 5.21. The smallest absolute Gasteiger partial charge is 0.238 e. The van der Waals surface area contributed by atoms with Gasteiger partial charge in [0.15, 0.2) is 0 Å². The lowest BCUT2D eigenvalue weighted by Crippen LogP contribution is -2.16. The number of para-hydroxylation sites is 1. The van der Waals surface area contributed by atoms with Gasteiger partial charge in [0, 0.05) is 23.2 Å². The molecule has 0 saturated carbocycles. The minimum Gasteiger partial charge on any atom is -0.456 e. The van der Waals surface area contributed by atoms with E-state index in [2.05, 4.69) is 0 Å². The molecule has 0 fully saturated rings. The SMILES string of the molecule is NCc1ccc(C2=C(c3ccc(S(N)(=O)=O)cc3)Oc3ccccc3C2C=O)cc1. The van der Waals surface area contributed by atoms with Gasteiger partial charge in [0.2, 0.25) is 10.0 Å². The second-order valence-corrected chi connectivity index (χ2v) is 8.53. The van der Waals surface area contributed by atoms with Gasteiger partial charge in [-0.05, 0) is 41.5 Å². The van der Waals surface area contributed by atoms with Gasteiger partial charge in [-0.3, -0.25) is 0 Å². The highest BCUT2D eigenvalue weighted by atomic mass is 32.2. The van der Waals surface area contributed by atoms with Crippen molar-refractivity contribution >= 4 is 27.6 Å². The van der Waals surface area contributed by atoms with Crippen LogP contribution in [0.15, 0.2) is 77.7 Å². The number of benzene rings is 3. The molecule has 0 radical (unpaired) electrons. The topological polar surface area (TPSA) is 112 Å². The zero-order valence-electron chi connectivity index (χ0n) is 16.0. The number of hydrogen-bond acceptors (Lipinski definition) is 5. The molecule has 1 aliphatic rings. The molecular weight excluding hydrogens is 400 g/mol. The van der Waals surface area contributed by atoms with Crippen molar-refractivity contribution in [2.45, 2.75) is 17.4 Å². The van der Waals surface area contributed by atoms with Gasteiger partial charge < -0.3 is 15.3 Å². The van der Waals surface area contributed by atoms with E-state index in [1.807, 2.05) is 42.5 Å². The molecule has 0 aliphatic carbocycles. The first-order chi connectivity index (χ1) is 14.4. The largest absolute Gasteiger partial charge is 0.456 e. The van der Waals surface area contributed by atoms with Crippen LogP contribution in [0.5, 0.6) is 5.75 Å². The van der Waals surface area contributed by atoms with Crippen molar-refractivity contribution in [1.82, 2.24) is 0 Å². The molecule has 152 valence electrons. The number of primary sulfonamides is 1. The van der Waals surface area contributed by atoms with Crippen LogP contribution < -0.4 is 15.6 Å². The number of fused-ring (bicyclic) bond motifs is 1. The Morgan fingerprint density at radius 2 is 1.53 bits per heavy atom. The molecule has 0 bridgehead atoms. The molecule has 1 heterocycles. The maximum absolute atomic E-state index is 12.2. The first-order valence-corrected chi connectivity index (χ1v) is 10.9. The summed E-state index contributed by atoms with van der Waals surface area (Å²) in [6, 6.07) is 21.1. The zero-order valence-corrected chi connectivity index (χ0v) is 16.8. The minimum atomic E-state index is -3.81. The van der Waals surface area contributed by atoms with E-state index < -0.39 is 15.9 Å². The molecule has 0 saturated heterocycles. The van der Waals surface area contributed by atoms with Crippen molar-refractivity contribution < 1.29 is 17.9 Å². The Hall–Kier alpha value is -3.26. The summed E-state index contributed by atoms with van der Waals surface area (Å²) in [6.07, 6.45) is 0.895. The van der Waals surface area contributed by atoms with E-state index in [1.54, 1.807) is 18.2 Å². The van der Waals surface area contributed by atoms with Gasteiger partial charge in [0.25, 0.3) is 0 Å². The summed E-state index contributed by atoms with van der Waals surface area (Å²) in [7, 11) is -3.81. The monoisotopic (exact) mass is 420 g/mol. The average molecular weight is 420 g/mol. The van der Waals surface area contributed by atoms with Crippen molar-refractivity contribution in [3.8, 4) is 5.75 Å². The third-order valence-corrected chi connectivity index (χ3v) is 6.03. The zero-order chi connectivity index (χ0) is 21.3. The van der Waals surface area contributed by atoms with Gasteiger partial charge in [-0.25, -0.2) is 13.6 Å². The Kier molecular flexibility index (Phi) is 5.26. The molecule has 3 aromatic carbocycles. The van der Waals surface area contributed by atoms with Crippen LogP contribution in [0.1, 0.15) is 28.2 Å². The highest BCUT2D eigenvalue weighted by Crippen LogP contribution is 2.45. The molecule has 0 amide bonds. The highest BCUT2D eigenvalue weighted by Gasteiger charge is 2.31. The van der Waals surface area contributed by atoms with Crippen LogP contribution >= 0.6 is 0 Å². The van der Waals surface area contributed by atoms with Crippen molar-refractivity contribution in [3.05, 3.63) is 95.1 Å². The Bertz CT molecular complexity index is 1230. The lowest BCUT2D eigenvalue weighted by molar-refractivity contribution is -0.108. The normalized spacial score (nSPS) is 16.0. The van der Waals surface area contributed by atoms with E-state index in [9.17, 15) is 13.2 Å². The predicted molar refractivity (Wildman–Crippen MR) is 115 cm³/mol. The summed E-state index contributed by atoms with van der Waals surface area (Å²) in [5.74, 6) is 0.543. The molecule has 4 rings (SSSR count). The first kappa shape index (κ1) is 20.0. The Balaban J connectivity index is 1.93. The summed E-state index contributed by atoms with van der Waals surface area (Å²) in [4.78, 5) is 12.2. The van der Waals surface area contributed by atoms with Crippen LogP contribution in [0.3, 0.4) is 0 Å². The quantitative estimate of drug-likeness (QED) is 0.616. The van der Waals surface area contributed by atoms with E-state index >= 15 is 0 Å². The molecule has 1 aliphatic heterocycles. The maximum Gasteiger partial charge on any atom is 0.238 e. The number of carbonyl (C=O) groups is 1. The van der Waals surface area contributed by atoms with Crippen molar-refractivity contribution in [2.24, 2.45) is 10.9 Å². The van der Waals surface area contributed by atoms with Crippen molar-refractivity contribution in [3.63, 3.8) is 0 Å². The Morgan fingerprint density at radius 3 is 2.13 bits per heavy atom. The van der Waals surface area contributed by atoms with Crippen LogP contribution in [0.25, 0.3) is 11.3 Å². The van der Waals surface area contributed by atoms with Gasteiger partial charge in [-0.15, -0.1) is 0 Å². The number of nitrogens with two attached hydrogens (primary N) is 2. The molecule has 6 nitrogen and oxygen atoms in total. The standard InChI is InChI=1S/C23H20N2O4S/c24-13-15-5-7-16(8-6-15)22-20(14-26)19-3-1-2-4-21(19)29-23(22)17-9-11-18(12-10-17)30(25,27)28/h1-12,14,20H,13,24H2,(H2,25,27,28). The summed E-state index contributed by atoms with van der Waals surface area (Å²) in [5.41, 5.74) is 9.62. The third kappa shape index (κ3) is 3.66. The van der Waals surface area contributed by atoms with Crippen LogP contribution in [-0.2, 0) is 21.4 Å². The molecule has 1 unspecified atom stereocenters. The Labute approximate surface area is 174 Å². The van der Waals surface area contributed by atoms with Crippen molar-refractivity contribution in [2.75, 3.05) is 0 Å². The molecular formula is C23H20N2O4S. The van der Waals surface area contributed by atoms with E-state index in [-0.39, 0.29) is 4.90 Å². The van der Waals surface area contributed by atoms with Crippen LogP contribution in [0, 0.1) is 0 Å². The first-order valence-electron chi connectivity index (χ1n) is 9.31. The summed E-state index contributed by atoms with van der Waals surface area (Å²) >= 11 is 0. The van der Waals surface area contributed by atoms with Gasteiger partial charge in [0.1, 0.15) is 17.8 Å². The lowest BCUT2D eigenvalue weighted by atomic mass is 9.83. The van der Waals surface area contributed by atoms with Crippen LogP contribution in [0.2, 0.25) is 0 Å². The molecule has 30 heavy (non-hydrogen) atoms. The maximum atomic E-state index is 12.2. The number of aldehydes is 1. The van der Waals surface area contributed by atoms with Gasteiger partial charge in [-0.2, -0.15) is 0 Å². The van der Waals surface area contributed by atoms with Crippen molar-refractivity contribution in [1.29, 1.82) is 0 Å². The lowest BCUT2D eigenvalue weighted by Gasteiger charge is -2.28. The number of allylic oxidation sites excluding steroid dienone is 1. The van der Waals surface area contributed by atoms with Gasteiger partial charge in [-0.1, -0.05) is 42.5 Å². The number of carbonyl (C=O) groups excluding carboxylic acids is 1. The Morgan fingerprint density at radius 1 is 0.900 bits per heavy atom. The predicted octanol–water partition coefficient (Wildman–Crippen LogP) is 3.04. The highest BCUT2D eigenvalue weighted by molar-refractivity contribution is 7.89. The van der Waals surface area contributed by atoms with Gasteiger partial charge >= 0.3 is 0 Å². The van der Waals surface area contributed by atoms with E-state index in [4.69, 9.17) is 15.6 Å². The fraction of sp³-hybridized carbons (Fsp3) is 0.0870. The molecule has 0 spiro atoms. The van der Waals surface area contributed by atoms with Crippen LogP contribution in [-0.4, -0.2) is 14.7 Å². The minimum absolute atomic E-state index is 0.00356. The number of hydrogen-bond donors (Lipinski definition) is 2. The summed E-state index contributed by atoms with van der Waals surface area (Å²) in [6.45, 7) is 0.414.